The first-order valence-electron chi connectivity index (χ1n) is 7.49. The Morgan fingerprint density at radius 1 is 1.42 bits per heavy atom. The Labute approximate surface area is 116 Å². The van der Waals surface area contributed by atoms with Crippen LogP contribution in [0.2, 0.25) is 0 Å². The molecule has 3 heteroatoms. The van der Waals surface area contributed by atoms with E-state index in [1.54, 1.807) is 0 Å². The molecule has 4 unspecified atom stereocenters. The highest BCUT2D eigenvalue weighted by Gasteiger charge is 2.35. The van der Waals surface area contributed by atoms with Gasteiger partial charge >= 0.3 is 0 Å². The zero-order chi connectivity index (χ0) is 13.7. The average molecular weight is 262 g/mol. The summed E-state index contributed by atoms with van der Waals surface area (Å²) in [4.78, 5) is 4.11. The second-order valence-corrected chi connectivity index (χ2v) is 5.65. The third-order valence-electron chi connectivity index (χ3n) is 4.20. The van der Waals surface area contributed by atoms with Crippen molar-refractivity contribution in [1.29, 1.82) is 0 Å². The Morgan fingerprint density at radius 2 is 2.16 bits per heavy atom. The van der Waals surface area contributed by atoms with Crippen LogP contribution in [0.5, 0.6) is 0 Å². The predicted molar refractivity (Wildman–Crippen MR) is 78.3 cm³/mol. The molecule has 0 bridgehead atoms. The Bertz CT molecular complexity index is 368. The summed E-state index contributed by atoms with van der Waals surface area (Å²) in [6.45, 7) is 8.75. The van der Waals surface area contributed by atoms with Crippen LogP contribution in [0.4, 0.5) is 0 Å². The molecule has 2 rings (SSSR count). The largest absolute Gasteiger partial charge is 0.376 e. The number of nitrogens with zero attached hydrogens (tertiary/aromatic N) is 1. The van der Waals surface area contributed by atoms with Crippen molar-refractivity contribution >= 4 is 0 Å². The average Bonchev–Trinajstić information content (AvgIpc) is 2.86. The van der Waals surface area contributed by atoms with Gasteiger partial charge in [0, 0.05) is 25.0 Å². The summed E-state index contributed by atoms with van der Waals surface area (Å²) in [7, 11) is 0. The molecule has 1 aliphatic heterocycles. The van der Waals surface area contributed by atoms with E-state index in [2.05, 4.69) is 43.2 Å². The number of hydrogen-bond donors (Lipinski definition) is 1. The molecule has 1 aromatic heterocycles. The van der Waals surface area contributed by atoms with Gasteiger partial charge in [-0.2, -0.15) is 0 Å². The van der Waals surface area contributed by atoms with Crippen LogP contribution in [0.25, 0.3) is 0 Å². The molecule has 1 saturated heterocycles. The lowest BCUT2D eigenvalue weighted by Crippen LogP contribution is -2.46. The molecule has 4 atom stereocenters. The number of pyridine rings is 1. The van der Waals surface area contributed by atoms with Gasteiger partial charge < -0.3 is 10.1 Å². The van der Waals surface area contributed by atoms with Crippen LogP contribution in [-0.4, -0.2) is 30.3 Å². The van der Waals surface area contributed by atoms with Crippen molar-refractivity contribution in [2.45, 2.75) is 51.7 Å². The van der Waals surface area contributed by atoms with Gasteiger partial charge in [0.05, 0.1) is 6.10 Å². The maximum atomic E-state index is 5.99. The van der Waals surface area contributed by atoms with Crippen molar-refractivity contribution < 1.29 is 4.74 Å². The third-order valence-corrected chi connectivity index (χ3v) is 4.20. The molecule has 0 aliphatic carbocycles. The molecule has 0 saturated carbocycles. The van der Waals surface area contributed by atoms with Crippen LogP contribution in [0.15, 0.2) is 24.5 Å². The quantitative estimate of drug-likeness (QED) is 0.856. The zero-order valence-electron chi connectivity index (χ0n) is 12.3. The highest BCUT2D eigenvalue weighted by molar-refractivity contribution is 5.18. The second-order valence-electron chi connectivity index (χ2n) is 5.65. The molecule has 2 heterocycles. The Hall–Kier alpha value is -0.930. The summed E-state index contributed by atoms with van der Waals surface area (Å²) < 4.78 is 5.99. The van der Waals surface area contributed by atoms with Gasteiger partial charge in [-0.1, -0.05) is 20.8 Å². The van der Waals surface area contributed by atoms with Gasteiger partial charge in [-0.3, -0.25) is 4.98 Å². The number of hydrogen-bond acceptors (Lipinski definition) is 3. The summed E-state index contributed by atoms with van der Waals surface area (Å²) in [5.74, 6) is 1.08. The Balaban J connectivity index is 2.12. The van der Waals surface area contributed by atoms with Crippen LogP contribution in [0.3, 0.4) is 0 Å². The Morgan fingerprint density at radius 3 is 2.74 bits per heavy atom. The van der Waals surface area contributed by atoms with Crippen molar-refractivity contribution in [2.24, 2.45) is 5.92 Å². The van der Waals surface area contributed by atoms with E-state index < -0.39 is 0 Å². The van der Waals surface area contributed by atoms with Gasteiger partial charge in [0.25, 0.3) is 0 Å². The lowest BCUT2D eigenvalue weighted by molar-refractivity contribution is 0.0537. The van der Waals surface area contributed by atoms with E-state index in [0.29, 0.717) is 24.0 Å². The van der Waals surface area contributed by atoms with E-state index in [1.165, 1.54) is 12.0 Å². The fraction of sp³-hybridized carbons (Fsp3) is 0.688. The monoisotopic (exact) mass is 262 g/mol. The van der Waals surface area contributed by atoms with E-state index in [0.717, 1.165) is 19.6 Å². The van der Waals surface area contributed by atoms with Crippen LogP contribution < -0.4 is 5.32 Å². The van der Waals surface area contributed by atoms with E-state index in [-0.39, 0.29) is 0 Å². The molecular weight excluding hydrogens is 236 g/mol. The molecule has 106 valence electrons. The van der Waals surface area contributed by atoms with E-state index in [1.807, 2.05) is 12.4 Å². The number of ether oxygens (including phenoxy) is 1. The highest BCUT2D eigenvalue weighted by Crippen LogP contribution is 2.30. The topological polar surface area (TPSA) is 34.2 Å². The van der Waals surface area contributed by atoms with Gasteiger partial charge in [-0.25, -0.2) is 0 Å². The molecule has 1 fully saturated rings. The number of rotatable bonds is 6. The van der Waals surface area contributed by atoms with Crippen LogP contribution >= 0.6 is 0 Å². The fourth-order valence-electron chi connectivity index (χ4n) is 2.94. The van der Waals surface area contributed by atoms with Crippen molar-refractivity contribution in [2.75, 3.05) is 13.2 Å². The first-order chi connectivity index (χ1) is 9.24. The first-order valence-corrected chi connectivity index (χ1v) is 7.49. The van der Waals surface area contributed by atoms with Crippen molar-refractivity contribution in [3.05, 3.63) is 30.1 Å². The number of nitrogens with one attached hydrogen (secondary N) is 1. The van der Waals surface area contributed by atoms with Crippen molar-refractivity contribution in [1.82, 2.24) is 10.3 Å². The van der Waals surface area contributed by atoms with Gasteiger partial charge in [0.15, 0.2) is 0 Å². The van der Waals surface area contributed by atoms with E-state index >= 15 is 0 Å². The molecule has 1 N–H and O–H groups in total. The third kappa shape index (κ3) is 3.54. The minimum Gasteiger partial charge on any atom is -0.376 e. The molecule has 0 aromatic carbocycles. The minimum atomic E-state index is 0.328. The molecule has 0 radical (unpaired) electrons. The summed E-state index contributed by atoms with van der Waals surface area (Å²) in [6, 6.07) is 4.62. The van der Waals surface area contributed by atoms with Gasteiger partial charge in [-0.15, -0.1) is 0 Å². The maximum absolute atomic E-state index is 5.99. The second kappa shape index (κ2) is 7.01. The highest BCUT2D eigenvalue weighted by atomic mass is 16.5. The number of aromatic nitrogens is 1. The first kappa shape index (κ1) is 14.5. The summed E-state index contributed by atoms with van der Waals surface area (Å²) in [6.07, 6.45) is 6.41. The smallest absolute Gasteiger partial charge is 0.0760 e. The maximum Gasteiger partial charge on any atom is 0.0760 e. The summed E-state index contributed by atoms with van der Waals surface area (Å²) in [5, 5.41) is 3.69. The van der Waals surface area contributed by atoms with Gasteiger partial charge in [-0.05, 0) is 48.9 Å². The molecule has 1 aromatic rings. The minimum absolute atomic E-state index is 0.328. The van der Waals surface area contributed by atoms with Crippen LogP contribution in [0, 0.1) is 5.92 Å². The normalized spacial score (nSPS) is 26.3. The van der Waals surface area contributed by atoms with Gasteiger partial charge in [0.1, 0.15) is 0 Å². The summed E-state index contributed by atoms with van der Waals surface area (Å²) in [5.41, 5.74) is 1.34. The summed E-state index contributed by atoms with van der Waals surface area (Å²) >= 11 is 0. The molecule has 0 spiro atoms. The van der Waals surface area contributed by atoms with Gasteiger partial charge in [0.2, 0.25) is 0 Å². The lowest BCUT2D eigenvalue weighted by atomic mass is 9.85. The predicted octanol–water partition coefficient (Wildman–Crippen LogP) is 2.98. The lowest BCUT2D eigenvalue weighted by Gasteiger charge is -2.32. The Kier molecular flexibility index (Phi) is 5.34. The SMILES string of the molecule is CCCNC(C(C)c1ccncc1)C1OCCC1C. The van der Waals surface area contributed by atoms with Crippen LogP contribution in [-0.2, 0) is 4.74 Å². The molecule has 1 aliphatic rings. The fourth-order valence-corrected chi connectivity index (χ4v) is 2.94. The van der Waals surface area contributed by atoms with E-state index in [4.69, 9.17) is 4.74 Å². The molecular formula is C16H26N2O. The molecule has 0 amide bonds. The standard InChI is InChI=1S/C16H26N2O/c1-4-8-18-15(16-12(2)7-11-19-16)13(3)14-5-9-17-10-6-14/h5-6,9-10,12-13,15-16,18H,4,7-8,11H2,1-3H3. The zero-order valence-corrected chi connectivity index (χ0v) is 12.3. The van der Waals surface area contributed by atoms with Crippen molar-refractivity contribution in [3.8, 4) is 0 Å². The van der Waals surface area contributed by atoms with Crippen molar-refractivity contribution in [3.63, 3.8) is 0 Å². The molecule has 3 nitrogen and oxygen atoms in total. The molecule has 19 heavy (non-hydrogen) atoms. The van der Waals surface area contributed by atoms with Crippen LogP contribution in [0.1, 0.15) is 45.1 Å². The van der Waals surface area contributed by atoms with E-state index in [9.17, 15) is 0 Å².